The van der Waals surface area contributed by atoms with E-state index >= 15 is 0 Å². The topological polar surface area (TPSA) is 72.3 Å². The predicted molar refractivity (Wildman–Crippen MR) is 59.9 cm³/mol. The van der Waals surface area contributed by atoms with Gasteiger partial charge in [0, 0.05) is 18.0 Å². The van der Waals surface area contributed by atoms with Crippen LogP contribution in [-0.2, 0) is 11.2 Å². The average molecular weight is 230 g/mol. The summed E-state index contributed by atoms with van der Waals surface area (Å²) >= 11 is 0. The lowest BCUT2D eigenvalue weighted by Gasteiger charge is -2.07. The molecule has 5 nitrogen and oxygen atoms in total. The molecule has 0 unspecified atom stereocenters. The maximum Gasteiger partial charge on any atom is 0.321 e. The van der Waals surface area contributed by atoms with Crippen molar-refractivity contribution < 1.29 is 14.6 Å². The van der Waals surface area contributed by atoms with Crippen molar-refractivity contribution in [3.8, 4) is 11.8 Å². The second kappa shape index (κ2) is 5.07. The van der Waals surface area contributed by atoms with E-state index in [4.69, 9.17) is 9.84 Å². The fourth-order valence-electron chi connectivity index (χ4n) is 1.35. The normalized spacial score (nSPS) is 9.88. The van der Waals surface area contributed by atoms with Crippen molar-refractivity contribution in [2.24, 2.45) is 0 Å². The standard InChI is InChI=1S/C12H10N2O3/c15-11(16)8-9-4-1-2-5-10(9)17-12-13-6-3-7-14-12/h1-7H,8H2,(H,15,16). The van der Waals surface area contributed by atoms with Gasteiger partial charge in [-0.2, -0.15) is 0 Å². The number of ether oxygens (including phenoxy) is 1. The number of carbonyl (C=O) groups is 1. The number of carboxylic acids is 1. The predicted octanol–water partition coefficient (Wildman–Crippen LogP) is 1.90. The monoisotopic (exact) mass is 230 g/mol. The van der Waals surface area contributed by atoms with Gasteiger partial charge in [-0.15, -0.1) is 0 Å². The van der Waals surface area contributed by atoms with Crippen molar-refractivity contribution in [2.45, 2.75) is 6.42 Å². The first-order valence-corrected chi connectivity index (χ1v) is 5.00. The molecule has 0 amide bonds. The van der Waals surface area contributed by atoms with Gasteiger partial charge in [0.05, 0.1) is 6.42 Å². The van der Waals surface area contributed by atoms with E-state index in [1.54, 1.807) is 42.7 Å². The first kappa shape index (κ1) is 11.1. The molecular weight excluding hydrogens is 220 g/mol. The van der Waals surface area contributed by atoms with E-state index in [9.17, 15) is 4.79 Å². The highest BCUT2D eigenvalue weighted by atomic mass is 16.5. The van der Waals surface area contributed by atoms with E-state index in [0.29, 0.717) is 11.3 Å². The summed E-state index contributed by atoms with van der Waals surface area (Å²) in [6, 6.07) is 8.79. The van der Waals surface area contributed by atoms with E-state index in [0.717, 1.165) is 0 Å². The minimum Gasteiger partial charge on any atom is -0.481 e. The highest BCUT2D eigenvalue weighted by Gasteiger charge is 2.08. The van der Waals surface area contributed by atoms with Crippen LogP contribution in [-0.4, -0.2) is 21.0 Å². The number of aliphatic carboxylic acids is 1. The number of benzene rings is 1. The molecule has 0 saturated carbocycles. The molecule has 0 spiro atoms. The molecule has 1 aromatic heterocycles. The Morgan fingerprint density at radius 1 is 1.18 bits per heavy atom. The molecular formula is C12H10N2O3. The summed E-state index contributed by atoms with van der Waals surface area (Å²) in [6.45, 7) is 0. The van der Waals surface area contributed by atoms with Crippen LogP contribution in [0.2, 0.25) is 0 Å². The second-order valence-corrected chi connectivity index (χ2v) is 3.31. The van der Waals surface area contributed by atoms with Crippen molar-refractivity contribution >= 4 is 5.97 Å². The Hall–Kier alpha value is -2.43. The summed E-state index contributed by atoms with van der Waals surface area (Å²) in [5.41, 5.74) is 0.590. The van der Waals surface area contributed by atoms with Crippen molar-refractivity contribution in [2.75, 3.05) is 0 Å². The summed E-state index contributed by atoms with van der Waals surface area (Å²) in [4.78, 5) is 18.5. The molecule has 0 aliphatic heterocycles. The molecule has 0 aliphatic rings. The maximum atomic E-state index is 10.7. The van der Waals surface area contributed by atoms with Crippen LogP contribution in [0.5, 0.6) is 11.8 Å². The number of para-hydroxylation sites is 1. The molecule has 1 aromatic carbocycles. The average Bonchev–Trinajstić information content (AvgIpc) is 2.32. The highest BCUT2D eigenvalue weighted by molar-refractivity contribution is 5.71. The molecule has 2 rings (SSSR count). The summed E-state index contributed by atoms with van der Waals surface area (Å²) in [7, 11) is 0. The Balaban J connectivity index is 2.23. The Labute approximate surface area is 97.7 Å². The smallest absolute Gasteiger partial charge is 0.321 e. The lowest BCUT2D eigenvalue weighted by molar-refractivity contribution is -0.136. The largest absolute Gasteiger partial charge is 0.481 e. The van der Waals surface area contributed by atoms with Crippen LogP contribution in [0.25, 0.3) is 0 Å². The molecule has 2 aromatic rings. The van der Waals surface area contributed by atoms with E-state index in [-0.39, 0.29) is 12.4 Å². The number of carboxylic acid groups (broad SMARTS) is 1. The second-order valence-electron chi connectivity index (χ2n) is 3.31. The molecule has 0 aliphatic carbocycles. The Morgan fingerprint density at radius 3 is 2.59 bits per heavy atom. The van der Waals surface area contributed by atoms with Gasteiger partial charge in [-0.05, 0) is 12.1 Å². The lowest BCUT2D eigenvalue weighted by atomic mass is 10.1. The molecule has 1 heterocycles. The third-order valence-electron chi connectivity index (χ3n) is 2.06. The molecule has 0 bridgehead atoms. The van der Waals surface area contributed by atoms with E-state index in [2.05, 4.69) is 9.97 Å². The zero-order valence-electron chi connectivity index (χ0n) is 8.91. The first-order valence-electron chi connectivity index (χ1n) is 5.00. The summed E-state index contributed by atoms with van der Waals surface area (Å²) in [6.07, 6.45) is 3.02. The SMILES string of the molecule is O=C(O)Cc1ccccc1Oc1ncccn1. The van der Waals surface area contributed by atoms with E-state index in [1.807, 2.05) is 0 Å². The molecule has 0 radical (unpaired) electrons. The van der Waals surface area contributed by atoms with Gasteiger partial charge in [0.2, 0.25) is 0 Å². The van der Waals surface area contributed by atoms with E-state index in [1.165, 1.54) is 0 Å². The number of hydrogen-bond acceptors (Lipinski definition) is 4. The van der Waals surface area contributed by atoms with Crippen LogP contribution < -0.4 is 4.74 Å². The summed E-state index contributed by atoms with van der Waals surface area (Å²) in [5, 5.41) is 8.77. The quantitative estimate of drug-likeness (QED) is 0.868. The van der Waals surface area contributed by atoms with Crippen molar-refractivity contribution in [3.63, 3.8) is 0 Å². The highest BCUT2D eigenvalue weighted by Crippen LogP contribution is 2.22. The Morgan fingerprint density at radius 2 is 1.88 bits per heavy atom. The number of hydrogen-bond donors (Lipinski definition) is 1. The van der Waals surface area contributed by atoms with Gasteiger partial charge >= 0.3 is 12.0 Å². The van der Waals surface area contributed by atoms with Gasteiger partial charge in [0.25, 0.3) is 0 Å². The fourth-order valence-corrected chi connectivity index (χ4v) is 1.35. The number of nitrogens with zero attached hydrogens (tertiary/aromatic N) is 2. The molecule has 86 valence electrons. The van der Waals surface area contributed by atoms with Crippen molar-refractivity contribution in [1.82, 2.24) is 9.97 Å². The van der Waals surface area contributed by atoms with E-state index < -0.39 is 5.97 Å². The summed E-state index contributed by atoms with van der Waals surface area (Å²) in [5.74, 6) is -0.448. The fraction of sp³-hybridized carbons (Fsp3) is 0.0833. The van der Waals surface area contributed by atoms with Crippen LogP contribution in [0.1, 0.15) is 5.56 Å². The molecule has 0 saturated heterocycles. The van der Waals surface area contributed by atoms with Crippen LogP contribution in [0.3, 0.4) is 0 Å². The third kappa shape index (κ3) is 3.01. The third-order valence-corrected chi connectivity index (χ3v) is 2.06. The van der Waals surface area contributed by atoms with Gasteiger partial charge in [-0.25, -0.2) is 9.97 Å². The Bertz CT molecular complexity index is 514. The molecule has 5 heteroatoms. The number of rotatable bonds is 4. The molecule has 1 N–H and O–H groups in total. The maximum absolute atomic E-state index is 10.7. The van der Waals surface area contributed by atoms with Gasteiger partial charge in [0.15, 0.2) is 0 Å². The Kier molecular flexibility index (Phi) is 3.30. The molecule has 0 fully saturated rings. The minimum absolute atomic E-state index is 0.0942. The number of aromatic nitrogens is 2. The van der Waals surface area contributed by atoms with Gasteiger partial charge < -0.3 is 9.84 Å². The van der Waals surface area contributed by atoms with Gasteiger partial charge in [-0.3, -0.25) is 4.79 Å². The molecule has 17 heavy (non-hydrogen) atoms. The minimum atomic E-state index is -0.907. The van der Waals surface area contributed by atoms with Crippen LogP contribution >= 0.6 is 0 Å². The van der Waals surface area contributed by atoms with Crippen LogP contribution in [0.15, 0.2) is 42.7 Å². The van der Waals surface area contributed by atoms with Gasteiger partial charge in [0.1, 0.15) is 5.75 Å². The van der Waals surface area contributed by atoms with Crippen molar-refractivity contribution in [3.05, 3.63) is 48.3 Å². The first-order chi connectivity index (χ1) is 8.25. The zero-order chi connectivity index (χ0) is 12.1. The van der Waals surface area contributed by atoms with Crippen LogP contribution in [0.4, 0.5) is 0 Å². The molecule has 0 atom stereocenters. The lowest BCUT2D eigenvalue weighted by Crippen LogP contribution is -2.02. The van der Waals surface area contributed by atoms with Gasteiger partial charge in [-0.1, -0.05) is 18.2 Å². The van der Waals surface area contributed by atoms with Crippen molar-refractivity contribution in [1.29, 1.82) is 0 Å². The summed E-state index contributed by atoms with van der Waals surface area (Å²) < 4.78 is 5.42. The van der Waals surface area contributed by atoms with Crippen LogP contribution in [0, 0.1) is 0 Å². The zero-order valence-corrected chi connectivity index (χ0v) is 8.91.